The Morgan fingerprint density at radius 1 is 1.12 bits per heavy atom. The lowest BCUT2D eigenvalue weighted by Gasteiger charge is -2.19. The van der Waals surface area contributed by atoms with Gasteiger partial charge in [-0.3, -0.25) is 4.98 Å². The predicted octanol–water partition coefficient (Wildman–Crippen LogP) is 3.87. The molecule has 0 fully saturated rings. The molecule has 0 atom stereocenters. The number of aromatic nitrogens is 3. The Hall–Kier alpha value is -2.60. The van der Waals surface area contributed by atoms with Crippen LogP contribution in [0.1, 0.15) is 24.1 Å². The smallest absolute Gasteiger partial charge is 0.125 e. The topological polar surface area (TPSA) is 54.3 Å². The van der Waals surface area contributed by atoms with E-state index >= 15 is 0 Å². The third-order valence-corrected chi connectivity index (χ3v) is 5.17. The van der Waals surface area contributed by atoms with Crippen molar-refractivity contribution in [1.29, 1.82) is 0 Å². The first-order valence-electron chi connectivity index (χ1n) is 8.32. The quantitative estimate of drug-likeness (QED) is 0.674. The van der Waals surface area contributed by atoms with Gasteiger partial charge in [-0.05, 0) is 43.0 Å². The summed E-state index contributed by atoms with van der Waals surface area (Å²) in [5.74, 6) is 0. The highest BCUT2D eigenvalue weighted by atomic mass is 32.1. The lowest BCUT2D eigenvalue weighted by Crippen LogP contribution is -2.18. The van der Waals surface area contributed by atoms with E-state index in [2.05, 4.69) is 27.2 Å². The molecule has 25 heavy (non-hydrogen) atoms. The summed E-state index contributed by atoms with van der Waals surface area (Å²) in [6.45, 7) is 0. The summed E-state index contributed by atoms with van der Waals surface area (Å²) in [6, 6.07) is 8.23. The highest BCUT2D eigenvalue weighted by Crippen LogP contribution is 2.32. The summed E-state index contributed by atoms with van der Waals surface area (Å²) in [5.41, 5.74) is 5.39. The first kappa shape index (κ1) is 15.9. The minimum atomic E-state index is 0.958. The van der Waals surface area contributed by atoms with Gasteiger partial charge in [0, 0.05) is 38.2 Å². The molecule has 0 spiro atoms. The highest BCUT2D eigenvalue weighted by Gasteiger charge is 2.19. The summed E-state index contributed by atoms with van der Waals surface area (Å²) in [7, 11) is 3.91. The molecule has 3 aromatic rings. The number of nitrogens with zero attached hydrogens (tertiary/aromatic N) is 5. The predicted molar refractivity (Wildman–Crippen MR) is 102 cm³/mol. The minimum Gasteiger partial charge on any atom is -0.303 e. The number of pyridine rings is 2. The van der Waals surface area contributed by atoms with Crippen molar-refractivity contribution in [2.75, 3.05) is 14.1 Å². The van der Waals surface area contributed by atoms with E-state index in [4.69, 9.17) is 4.98 Å². The van der Waals surface area contributed by atoms with E-state index in [1.165, 1.54) is 5.56 Å². The van der Waals surface area contributed by atoms with E-state index in [1.54, 1.807) is 17.5 Å². The lowest BCUT2D eigenvalue weighted by atomic mass is 9.94. The van der Waals surface area contributed by atoms with Gasteiger partial charge in [-0.15, -0.1) is 11.3 Å². The van der Waals surface area contributed by atoms with Gasteiger partial charge in [0.2, 0.25) is 0 Å². The summed E-state index contributed by atoms with van der Waals surface area (Å²) in [6.07, 6.45) is 8.68. The van der Waals surface area contributed by atoms with E-state index in [0.717, 1.165) is 51.8 Å². The molecule has 0 amide bonds. The van der Waals surface area contributed by atoms with Crippen LogP contribution in [0.25, 0.3) is 21.1 Å². The Balaban J connectivity index is 1.72. The zero-order valence-electron chi connectivity index (χ0n) is 14.3. The van der Waals surface area contributed by atoms with Crippen molar-refractivity contribution in [2.45, 2.75) is 19.3 Å². The largest absolute Gasteiger partial charge is 0.303 e. The Bertz CT molecular complexity index is 915. The van der Waals surface area contributed by atoms with Crippen LogP contribution < -0.4 is 0 Å². The molecular formula is C19H19N5S. The molecule has 0 saturated carbocycles. The average molecular weight is 349 g/mol. The number of hydrazone groups is 1. The monoisotopic (exact) mass is 349 g/mol. The van der Waals surface area contributed by atoms with Crippen molar-refractivity contribution >= 4 is 17.0 Å². The van der Waals surface area contributed by atoms with Crippen LogP contribution >= 0.6 is 11.3 Å². The van der Waals surface area contributed by atoms with E-state index in [9.17, 15) is 0 Å². The maximum absolute atomic E-state index is 4.92. The van der Waals surface area contributed by atoms with Gasteiger partial charge in [0.1, 0.15) is 5.01 Å². The van der Waals surface area contributed by atoms with Crippen LogP contribution in [0.3, 0.4) is 0 Å². The van der Waals surface area contributed by atoms with Crippen LogP contribution in [0, 0.1) is 0 Å². The highest BCUT2D eigenvalue weighted by molar-refractivity contribution is 7.18. The van der Waals surface area contributed by atoms with Crippen LogP contribution in [-0.4, -0.2) is 39.8 Å². The molecule has 6 heteroatoms. The molecule has 0 bridgehead atoms. The molecule has 0 saturated heterocycles. The lowest BCUT2D eigenvalue weighted by molar-refractivity contribution is 0.435. The van der Waals surface area contributed by atoms with Gasteiger partial charge in [-0.2, -0.15) is 5.10 Å². The molecule has 4 rings (SSSR count). The standard InChI is InChI=1S/C19H19N5S/c1-24(2)23-16-7-3-5-13-8-9-15(22-18(13)16)17-12-21-19(25-17)14-6-4-10-20-11-14/h4,6,8-12H,3,5,7H2,1-2H3. The second-order valence-electron chi connectivity index (χ2n) is 6.22. The van der Waals surface area contributed by atoms with Gasteiger partial charge < -0.3 is 5.01 Å². The average Bonchev–Trinajstić information content (AvgIpc) is 3.12. The van der Waals surface area contributed by atoms with E-state index in [-0.39, 0.29) is 0 Å². The number of hydrogen-bond acceptors (Lipinski definition) is 6. The zero-order valence-corrected chi connectivity index (χ0v) is 15.1. The van der Waals surface area contributed by atoms with Gasteiger partial charge in [-0.25, -0.2) is 9.97 Å². The zero-order chi connectivity index (χ0) is 17.2. The molecule has 0 N–H and O–H groups in total. The Labute approximate surface area is 151 Å². The molecule has 3 heterocycles. The Morgan fingerprint density at radius 3 is 2.84 bits per heavy atom. The summed E-state index contributed by atoms with van der Waals surface area (Å²) < 4.78 is 0. The third kappa shape index (κ3) is 3.30. The van der Waals surface area contributed by atoms with Crippen molar-refractivity contribution in [3.8, 4) is 21.1 Å². The van der Waals surface area contributed by atoms with Crippen LogP contribution in [0.4, 0.5) is 0 Å². The normalized spacial score (nSPS) is 15.2. The number of aryl methyl sites for hydroxylation is 1. The van der Waals surface area contributed by atoms with Crippen LogP contribution in [0.5, 0.6) is 0 Å². The molecule has 0 unspecified atom stereocenters. The minimum absolute atomic E-state index is 0.958. The van der Waals surface area contributed by atoms with Crippen LogP contribution in [-0.2, 0) is 6.42 Å². The maximum Gasteiger partial charge on any atom is 0.125 e. The van der Waals surface area contributed by atoms with Gasteiger partial charge in [0.15, 0.2) is 0 Å². The molecule has 0 radical (unpaired) electrons. The summed E-state index contributed by atoms with van der Waals surface area (Å²) >= 11 is 1.64. The molecule has 1 aliphatic carbocycles. The number of fused-ring (bicyclic) bond motifs is 1. The summed E-state index contributed by atoms with van der Waals surface area (Å²) in [4.78, 5) is 14.7. The van der Waals surface area contributed by atoms with Crippen molar-refractivity contribution in [3.05, 3.63) is 54.1 Å². The van der Waals surface area contributed by atoms with Crippen molar-refractivity contribution in [2.24, 2.45) is 5.10 Å². The van der Waals surface area contributed by atoms with E-state index in [0.29, 0.717) is 0 Å². The van der Waals surface area contributed by atoms with Crippen molar-refractivity contribution < 1.29 is 0 Å². The number of rotatable bonds is 3. The van der Waals surface area contributed by atoms with Crippen LogP contribution in [0.15, 0.2) is 48.0 Å². The molecule has 3 aromatic heterocycles. The Morgan fingerprint density at radius 2 is 2.04 bits per heavy atom. The van der Waals surface area contributed by atoms with E-state index < -0.39 is 0 Å². The number of hydrogen-bond donors (Lipinski definition) is 0. The van der Waals surface area contributed by atoms with Gasteiger partial charge >= 0.3 is 0 Å². The number of thiazole rings is 1. The third-order valence-electron chi connectivity index (χ3n) is 4.10. The Kier molecular flexibility index (Phi) is 4.28. The van der Waals surface area contributed by atoms with Crippen molar-refractivity contribution in [3.63, 3.8) is 0 Å². The fraction of sp³-hybridized carbons (Fsp3) is 0.263. The molecule has 126 valence electrons. The molecular weight excluding hydrogens is 330 g/mol. The molecule has 0 aromatic carbocycles. The van der Waals surface area contributed by atoms with Crippen molar-refractivity contribution in [1.82, 2.24) is 20.0 Å². The fourth-order valence-electron chi connectivity index (χ4n) is 3.00. The van der Waals surface area contributed by atoms with Gasteiger partial charge in [0.05, 0.1) is 22.0 Å². The van der Waals surface area contributed by atoms with Crippen LogP contribution in [0.2, 0.25) is 0 Å². The summed E-state index contributed by atoms with van der Waals surface area (Å²) in [5, 5.41) is 7.45. The molecule has 1 aliphatic rings. The first-order chi connectivity index (χ1) is 12.2. The second kappa shape index (κ2) is 6.72. The van der Waals surface area contributed by atoms with Gasteiger partial charge in [0.25, 0.3) is 0 Å². The SMILES string of the molecule is CN(C)N=C1CCCc2ccc(-c3cnc(-c4cccnc4)s3)nc21. The van der Waals surface area contributed by atoms with Gasteiger partial charge in [-0.1, -0.05) is 6.07 Å². The maximum atomic E-state index is 4.92. The molecule has 0 aliphatic heterocycles. The molecule has 5 nitrogen and oxygen atoms in total. The second-order valence-corrected chi connectivity index (χ2v) is 7.25. The van der Waals surface area contributed by atoms with E-state index in [1.807, 2.05) is 43.6 Å². The first-order valence-corrected chi connectivity index (χ1v) is 9.14. The fourth-order valence-corrected chi connectivity index (χ4v) is 3.87.